The Bertz CT molecular complexity index is 582. The normalized spacial score (nSPS) is 11.0. The lowest BCUT2D eigenvalue weighted by Crippen LogP contribution is -2.12. The molecule has 1 N–H and O–H groups in total. The Balaban J connectivity index is 2.37. The van der Waals surface area contributed by atoms with E-state index in [1.54, 1.807) is 0 Å². The highest BCUT2D eigenvalue weighted by Gasteiger charge is 2.10. The molecule has 0 fully saturated rings. The molecule has 0 aliphatic rings. The van der Waals surface area contributed by atoms with E-state index >= 15 is 0 Å². The Hall–Kier alpha value is -1.61. The van der Waals surface area contributed by atoms with E-state index in [0.717, 1.165) is 18.8 Å². The lowest BCUT2D eigenvalue weighted by molar-refractivity contribution is 0.725. The molecule has 0 radical (unpaired) electrons. The first-order valence-corrected chi connectivity index (χ1v) is 6.88. The Morgan fingerprint density at radius 3 is 2.42 bits per heavy atom. The molecular formula is C16H23N3. The van der Waals surface area contributed by atoms with Gasteiger partial charge >= 0.3 is 0 Å². The third kappa shape index (κ3) is 2.71. The zero-order valence-electron chi connectivity index (χ0n) is 12.5. The predicted octanol–water partition coefficient (Wildman–Crippen LogP) is 3.22. The summed E-state index contributed by atoms with van der Waals surface area (Å²) in [6.07, 6.45) is 0. The van der Waals surface area contributed by atoms with Crippen molar-refractivity contribution >= 4 is 0 Å². The van der Waals surface area contributed by atoms with Crippen LogP contribution in [0.1, 0.15) is 35.0 Å². The maximum absolute atomic E-state index is 4.63. The predicted molar refractivity (Wildman–Crippen MR) is 79.9 cm³/mol. The zero-order valence-corrected chi connectivity index (χ0v) is 12.5. The summed E-state index contributed by atoms with van der Waals surface area (Å²) in [6, 6.07) is 6.58. The zero-order chi connectivity index (χ0) is 14.0. The molecule has 0 unspecified atom stereocenters. The quantitative estimate of drug-likeness (QED) is 0.911. The standard InChI is InChI=1S/C16H23N3/c1-6-17-10-15-7-8-16(11(2)9-15)19-14(5)12(3)13(4)18-19/h7-9,17H,6,10H2,1-5H3. The number of nitrogens with one attached hydrogen (secondary N) is 1. The first-order valence-electron chi connectivity index (χ1n) is 6.88. The van der Waals surface area contributed by atoms with Crippen LogP contribution in [-0.2, 0) is 6.54 Å². The van der Waals surface area contributed by atoms with Crippen molar-refractivity contribution in [3.8, 4) is 5.69 Å². The van der Waals surface area contributed by atoms with Gasteiger partial charge in [-0.15, -0.1) is 0 Å². The first-order chi connectivity index (χ1) is 9.04. The summed E-state index contributed by atoms with van der Waals surface area (Å²) in [5, 5.41) is 7.99. The molecule has 2 aromatic rings. The Morgan fingerprint density at radius 1 is 1.16 bits per heavy atom. The highest BCUT2D eigenvalue weighted by Crippen LogP contribution is 2.20. The number of hydrogen-bond acceptors (Lipinski definition) is 2. The lowest BCUT2D eigenvalue weighted by Gasteiger charge is -2.11. The van der Waals surface area contributed by atoms with Crippen LogP contribution in [0, 0.1) is 27.7 Å². The molecule has 0 saturated carbocycles. The van der Waals surface area contributed by atoms with Crippen LogP contribution in [0.5, 0.6) is 0 Å². The molecule has 0 aliphatic carbocycles. The van der Waals surface area contributed by atoms with Crippen molar-refractivity contribution in [2.75, 3.05) is 6.54 Å². The van der Waals surface area contributed by atoms with Gasteiger partial charge in [0.15, 0.2) is 0 Å². The number of rotatable bonds is 4. The second-order valence-electron chi connectivity index (χ2n) is 5.11. The topological polar surface area (TPSA) is 29.9 Å². The molecule has 0 saturated heterocycles. The minimum absolute atomic E-state index is 0.924. The summed E-state index contributed by atoms with van der Waals surface area (Å²) in [5.41, 5.74) is 7.36. The second kappa shape index (κ2) is 5.57. The second-order valence-corrected chi connectivity index (χ2v) is 5.11. The Kier molecular flexibility index (Phi) is 4.05. The molecule has 0 aliphatic heterocycles. The summed E-state index contributed by atoms with van der Waals surface area (Å²) < 4.78 is 2.05. The van der Waals surface area contributed by atoms with Crippen molar-refractivity contribution in [3.05, 3.63) is 46.3 Å². The molecule has 0 atom stereocenters. The van der Waals surface area contributed by atoms with E-state index in [2.05, 4.69) is 67.9 Å². The van der Waals surface area contributed by atoms with Crippen molar-refractivity contribution in [3.63, 3.8) is 0 Å². The van der Waals surface area contributed by atoms with Gasteiger partial charge in [-0.2, -0.15) is 5.10 Å². The fourth-order valence-electron chi connectivity index (χ4n) is 2.29. The van der Waals surface area contributed by atoms with Gasteiger partial charge in [0.25, 0.3) is 0 Å². The average molecular weight is 257 g/mol. The van der Waals surface area contributed by atoms with Gasteiger partial charge in [-0.25, -0.2) is 4.68 Å². The molecule has 0 amide bonds. The third-order valence-corrected chi connectivity index (χ3v) is 3.72. The molecule has 2 rings (SSSR count). The molecule has 19 heavy (non-hydrogen) atoms. The van der Waals surface area contributed by atoms with Crippen LogP contribution in [0.4, 0.5) is 0 Å². The smallest absolute Gasteiger partial charge is 0.0678 e. The van der Waals surface area contributed by atoms with Crippen molar-refractivity contribution in [1.29, 1.82) is 0 Å². The van der Waals surface area contributed by atoms with Crippen LogP contribution in [-0.4, -0.2) is 16.3 Å². The van der Waals surface area contributed by atoms with Crippen LogP contribution in [0.3, 0.4) is 0 Å². The molecule has 1 aromatic heterocycles. The van der Waals surface area contributed by atoms with Gasteiger partial charge in [-0.1, -0.05) is 19.1 Å². The van der Waals surface area contributed by atoms with Gasteiger partial charge in [0.2, 0.25) is 0 Å². The largest absolute Gasteiger partial charge is 0.313 e. The summed E-state index contributed by atoms with van der Waals surface area (Å²) in [6.45, 7) is 12.5. The SMILES string of the molecule is CCNCc1ccc(-n2nc(C)c(C)c2C)c(C)c1. The fraction of sp³-hybridized carbons (Fsp3) is 0.438. The van der Waals surface area contributed by atoms with Gasteiger partial charge in [0.1, 0.15) is 0 Å². The average Bonchev–Trinajstić information content (AvgIpc) is 2.64. The highest BCUT2D eigenvalue weighted by molar-refractivity contribution is 5.44. The monoisotopic (exact) mass is 257 g/mol. The molecule has 3 heteroatoms. The number of aryl methyl sites for hydroxylation is 2. The third-order valence-electron chi connectivity index (χ3n) is 3.72. The van der Waals surface area contributed by atoms with Crippen molar-refractivity contribution in [2.24, 2.45) is 0 Å². The van der Waals surface area contributed by atoms with E-state index < -0.39 is 0 Å². The van der Waals surface area contributed by atoms with Crippen molar-refractivity contribution in [2.45, 2.75) is 41.2 Å². The van der Waals surface area contributed by atoms with E-state index in [1.165, 1.54) is 28.1 Å². The van der Waals surface area contributed by atoms with E-state index in [1.807, 2.05) is 0 Å². The number of aromatic nitrogens is 2. The summed E-state index contributed by atoms with van der Waals surface area (Å²) >= 11 is 0. The maximum Gasteiger partial charge on any atom is 0.0678 e. The minimum atomic E-state index is 0.924. The molecule has 0 spiro atoms. The molecule has 3 nitrogen and oxygen atoms in total. The van der Waals surface area contributed by atoms with E-state index in [4.69, 9.17) is 0 Å². The van der Waals surface area contributed by atoms with Crippen LogP contribution >= 0.6 is 0 Å². The van der Waals surface area contributed by atoms with Crippen LogP contribution in [0.15, 0.2) is 18.2 Å². The summed E-state index contributed by atoms with van der Waals surface area (Å²) in [7, 11) is 0. The molecular weight excluding hydrogens is 234 g/mol. The molecule has 1 aromatic carbocycles. The van der Waals surface area contributed by atoms with Crippen LogP contribution < -0.4 is 5.32 Å². The van der Waals surface area contributed by atoms with Gasteiger partial charge < -0.3 is 5.32 Å². The van der Waals surface area contributed by atoms with E-state index in [0.29, 0.717) is 0 Å². The highest BCUT2D eigenvalue weighted by atomic mass is 15.3. The number of benzene rings is 1. The molecule has 102 valence electrons. The first kappa shape index (κ1) is 13.8. The van der Waals surface area contributed by atoms with Gasteiger partial charge in [0.05, 0.1) is 11.4 Å². The summed E-state index contributed by atoms with van der Waals surface area (Å²) in [5.74, 6) is 0. The lowest BCUT2D eigenvalue weighted by atomic mass is 10.1. The molecule has 0 bridgehead atoms. The summed E-state index contributed by atoms with van der Waals surface area (Å²) in [4.78, 5) is 0. The Labute approximate surface area is 115 Å². The minimum Gasteiger partial charge on any atom is -0.313 e. The number of hydrogen-bond donors (Lipinski definition) is 1. The van der Waals surface area contributed by atoms with Gasteiger partial charge in [-0.05, 0) is 57.0 Å². The van der Waals surface area contributed by atoms with Crippen molar-refractivity contribution in [1.82, 2.24) is 15.1 Å². The van der Waals surface area contributed by atoms with Gasteiger partial charge in [0, 0.05) is 12.2 Å². The van der Waals surface area contributed by atoms with Crippen LogP contribution in [0.25, 0.3) is 5.69 Å². The van der Waals surface area contributed by atoms with E-state index in [-0.39, 0.29) is 0 Å². The fourth-order valence-corrected chi connectivity index (χ4v) is 2.29. The van der Waals surface area contributed by atoms with Gasteiger partial charge in [-0.3, -0.25) is 0 Å². The Morgan fingerprint density at radius 2 is 1.89 bits per heavy atom. The molecule has 1 heterocycles. The number of nitrogens with zero attached hydrogens (tertiary/aromatic N) is 2. The van der Waals surface area contributed by atoms with Crippen LogP contribution in [0.2, 0.25) is 0 Å². The van der Waals surface area contributed by atoms with E-state index in [9.17, 15) is 0 Å². The van der Waals surface area contributed by atoms with Crippen molar-refractivity contribution < 1.29 is 0 Å². The maximum atomic E-state index is 4.63.